The number of carbonyl (C=O) groups is 1. The summed E-state index contributed by atoms with van der Waals surface area (Å²) in [6, 6.07) is 21.9. The molecular weight excluding hydrogens is 537 g/mol. The molecule has 200 valence electrons. The number of aromatic nitrogens is 2. The van der Waals surface area contributed by atoms with Gasteiger partial charge in [-0.1, -0.05) is 53.7 Å². The van der Waals surface area contributed by atoms with Crippen molar-refractivity contribution in [3.63, 3.8) is 0 Å². The van der Waals surface area contributed by atoms with Crippen LogP contribution >= 0.6 is 23.4 Å². The lowest BCUT2D eigenvalue weighted by atomic mass is 10.1. The lowest BCUT2D eigenvalue weighted by Gasteiger charge is -2.37. The van der Waals surface area contributed by atoms with Gasteiger partial charge in [-0.25, -0.2) is 4.39 Å². The van der Waals surface area contributed by atoms with Gasteiger partial charge in [-0.05, 0) is 60.5 Å². The molecule has 2 N–H and O–H groups in total. The summed E-state index contributed by atoms with van der Waals surface area (Å²) in [5.41, 5.74) is 8.27. The fraction of sp³-hybridized carbons (Fsp3) is 0.207. The molecule has 0 bridgehead atoms. The Bertz CT molecular complexity index is 1490. The molecule has 0 radical (unpaired) electrons. The summed E-state index contributed by atoms with van der Waals surface area (Å²) in [6.45, 7) is 1.98. The molecule has 1 aliphatic rings. The number of amides is 1. The molecule has 39 heavy (non-hydrogen) atoms. The van der Waals surface area contributed by atoms with Crippen LogP contribution in [0.4, 0.5) is 10.1 Å². The summed E-state index contributed by atoms with van der Waals surface area (Å²) in [7, 11) is 0. The SMILES string of the molecule is N[C@@H](Cc1ccc(Cl)cc1)C(=O)N1CCN(c2cnn(-c3ccccc3)c(=O)c2Sc2ccc(F)cc2)CC1. The number of hydrogen-bond acceptors (Lipinski definition) is 6. The molecule has 5 rings (SSSR count). The minimum Gasteiger partial charge on any atom is -0.366 e. The van der Waals surface area contributed by atoms with Crippen LogP contribution in [0.5, 0.6) is 0 Å². The smallest absolute Gasteiger partial charge is 0.287 e. The Kier molecular flexibility index (Phi) is 8.30. The number of hydrogen-bond donors (Lipinski definition) is 1. The first kappa shape index (κ1) is 26.9. The molecular formula is C29H27ClFN5O2S. The van der Waals surface area contributed by atoms with E-state index in [2.05, 4.69) is 10.00 Å². The van der Waals surface area contributed by atoms with Gasteiger partial charge >= 0.3 is 0 Å². The largest absolute Gasteiger partial charge is 0.366 e. The van der Waals surface area contributed by atoms with Crippen molar-refractivity contribution in [3.8, 4) is 5.69 Å². The quantitative estimate of drug-likeness (QED) is 0.359. The minimum atomic E-state index is -0.654. The summed E-state index contributed by atoms with van der Waals surface area (Å²) < 4.78 is 14.9. The van der Waals surface area contributed by atoms with E-state index in [1.165, 1.54) is 28.6 Å². The predicted octanol–water partition coefficient (Wildman–Crippen LogP) is 4.39. The molecule has 1 saturated heterocycles. The van der Waals surface area contributed by atoms with Gasteiger partial charge in [0.2, 0.25) is 5.91 Å². The third kappa shape index (κ3) is 6.33. The Morgan fingerprint density at radius 2 is 1.64 bits per heavy atom. The van der Waals surface area contributed by atoms with E-state index in [0.717, 1.165) is 10.5 Å². The molecule has 10 heteroatoms. The first-order valence-corrected chi connectivity index (χ1v) is 13.7. The predicted molar refractivity (Wildman–Crippen MR) is 152 cm³/mol. The molecule has 0 aliphatic carbocycles. The maximum atomic E-state index is 13.7. The number of halogens is 2. The third-order valence-corrected chi connectivity index (χ3v) is 7.91. The Morgan fingerprint density at radius 1 is 0.974 bits per heavy atom. The summed E-state index contributed by atoms with van der Waals surface area (Å²) in [4.78, 5) is 31.8. The van der Waals surface area contributed by atoms with E-state index >= 15 is 0 Å². The van der Waals surface area contributed by atoms with Crippen molar-refractivity contribution in [2.45, 2.75) is 22.3 Å². The van der Waals surface area contributed by atoms with Gasteiger partial charge in [0, 0.05) is 36.1 Å². The second-order valence-electron chi connectivity index (χ2n) is 9.22. The summed E-state index contributed by atoms with van der Waals surface area (Å²) in [5.74, 6) is -0.450. The van der Waals surface area contributed by atoms with Crippen molar-refractivity contribution >= 4 is 35.0 Å². The topological polar surface area (TPSA) is 84.5 Å². The molecule has 0 saturated carbocycles. The number of rotatable bonds is 7. The zero-order chi connectivity index (χ0) is 27.4. The number of nitrogens with two attached hydrogens (primary N) is 1. The van der Waals surface area contributed by atoms with Gasteiger partial charge < -0.3 is 15.5 Å². The first-order chi connectivity index (χ1) is 18.9. The highest BCUT2D eigenvalue weighted by Crippen LogP contribution is 2.33. The van der Waals surface area contributed by atoms with E-state index in [9.17, 15) is 14.0 Å². The Morgan fingerprint density at radius 3 is 2.31 bits per heavy atom. The zero-order valence-corrected chi connectivity index (χ0v) is 22.6. The molecule has 0 unspecified atom stereocenters. The van der Waals surface area contributed by atoms with E-state index in [1.807, 2.05) is 42.5 Å². The van der Waals surface area contributed by atoms with Gasteiger partial charge in [-0.3, -0.25) is 9.59 Å². The van der Waals surface area contributed by atoms with Crippen LogP contribution in [0.15, 0.2) is 99.6 Å². The molecule has 1 aromatic heterocycles. The fourth-order valence-electron chi connectivity index (χ4n) is 4.49. The normalized spacial score (nSPS) is 14.3. The highest BCUT2D eigenvalue weighted by Gasteiger charge is 2.28. The van der Waals surface area contributed by atoms with E-state index in [4.69, 9.17) is 17.3 Å². The van der Waals surface area contributed by atoms with Crippen molar-refractivity contribution in [1.29, 1.82) is 0 Å². The fourth-order valence-corrected chi connectivity index (χ4v) is 5.58. The van der Waals surface area contributed by atoms with Crippen LogP contribution in [-0.2, 0) is 11.2 Å². The molecule has 1 aliphatic heterocycles. The second kappa shape index (κ2) is 12.0. The number of carbonyl (C=O) groups excluding carboxylic acids is 1. The van der Waals surface area contributed by atoms with Gasteiger partial charge in [0.25, 0.3) is 5.56 Å². The lowest BCUT2D eigenvalue weighted by Crippen LogP contribution is -2.54. The molecule has 0 spiro atoms. The maximum Gasteiger partial charge on any atom is 0.287 e. The molecule has 4 aromatic rings. The number of para-hydroxylation sites is 1. The summed E-state index contributed by atoms with van der Waals surface area (Å²) in [5, 5.41) is 5.09. The van der Waals surface area contributed by atoms with Crippen molar-refractivity contribution < 1.29 is 9.18 Å². The second-order valence-corrected chi connectivity index (χ2v) is 10.7. The van der Waals surface area contributed by atoms with Gasteiger partial charge in [-0.2, -0.15) is 9.78 Å². The summed E-state index contributed by atoms with van der Waals surface area (Å²) in [6.07, 6.45) is 2.11. The average molecular weight is 564 g/mol. The van der Waals surface area contributed by atoms with E-state index < -0.39 is 6.04 Å². The maximum absolute atomic E-state index is 13.7. The number of nitrogens with zero attached hydrogens (tertiary/aromatic N) is 4. The van der Waals surface area contributed by atoms with Crippen molar-refractivity contribution in [3.05, 3.63) is 112 Å². The van der Waals surface area contributed by atoms with Crippen LogP contribution in [0.2, 0.25) is 5.02 Å². The van der Waals surface area contributed by atoms with Crippen LogP contribution < -0.4 is 16.2 Å². The van der Waals surface area contributed by atoms with E-state index in [1.54, 1.807) is 35.4 Å². The first-order valence-electron chi connectivity index (χ1n) is 12.5. The average Bonchev–Trinajstić information content (AvgIpc) is 2.96. The lowest BCUT2D eigenvalue weighted by molar-refractivity contribution is -0.132. The highest BCUT2D eigenvalue weighted by molar-refractivity contribution is 7.99. The Balaban J connectivity index is 1.34. The molecule has 1 amide bonds. The minimum absolute atomic E-state index is 0.108. The molecule has 3 aromatic carbocycles. The van der Waals surface area contributed by atoms with E-state index in [0.29, 0.717) is 53.9 Å². The molecule has 2 heterocycles. The van der Waals surface area contributed by atoms with Gasteiger partial charge in [-0.15, -0.1) is 0 Å². The van der Waals surface area contributed by atoms with Gasteiger partial charge in [0.15, 0.2) is 0 Å². The van der Waals surface area contributed by atoms with E-state index in [-0.39, 0.29) is 17.3 Å². The Labute approximate surface area is 235 Å². The monoisotopic (exact) mass is 563 g/mol. The Hall–Kier alpha value is -3.66. The van der Waals surface area contributed by atoms with Crippen molar-refractivity contribution in [1.82, 2.24) is 14.7 Å². The van der Waals surface area contributed by atoms with Gasteiger partial charge in [0.05, 0.1) is 23.6 Å². The third-order valence-electron chi connectivity index (χ3n) is 6.57. The van der Waals surface area contributed by atoms with Crippen molar-refractivity contribution in [2.24, 2.45) is 5.73 Å². The standard InChI is InChI=1S/C29H27ClFN5O2S/c30-21-8-6-20(7-9-21)18-25(32)28(37)35-16-14-34(15-17-35)26-19-33-36(23-4-2-1-3-5-23)29(38)27(26)39-24-12-10-22(31)11-13-24/h1-13,19,25H,14-18,32H2/t25-/m0/s1. The zero-order valence-electron chi connectivity index (χ0n) is 21.0. The van der Waals surface area contributed by atoms with Crippen molar-refractivity contribution in [2.75, 3.05) is 31.1 Å². The molecule has 1 fully saturated rings. The van der Waals surface area contributed by atoms with Crippen LogP contribution in [0, 0.1) is 5.82 Å². The number of benzene rings is 3. The highest BCUT2D eigenvalue weighted by atomic mass is 35.5. The summed E-state index contributed by atoms with van der Waals surface area (Å²) >= 11 is 7.23. The number of anilines is 1. The molecule has 1 atom stereocenters. The van der Waals surface area contributed by atoms with Crippen LogP contribution in [0.1, 0.15) is 5.56 Å². The number of piperazine rings is 1. The molecule has 7 nitrogen and oxygen atoms in total. The van der Waals surface area contributed by atoms with Crippen LogP contribution in [-0.4, -0.2) is 52.8 Å². The van der Waals surface area contributed by atoms with Crippen LogP contribution in [0.3, 0.4) is 0 Å². The van der Waals surface area contributed by atoms with Gasteiger partial charge in [0.1, 0.15) is 10.7 Å². The van der Waals surface area contributed by atoms with Crippen LogP contribution in [0.25, 0.3) is 5.69 Å².